The molecule has 0 saturated carbocycles. The van der Waals surface area contributed by atoms with Gasteiger partial charge in [-0.2, -0.15) is 0 Å². The molecule has 2 aromatic heterocycles. The minimum Gasteiger partial charge on any atom is -0.503 e. The highest BCUT2D eigenvalue weighted by molar-refractivity contribution is 8.00. The SMILES string of the molecule is COc1cccc2cc(C(=O)C3=C(O)C(=O)N(c4nnc(SCc5ccccc5Cl)s4)C3c3ccc(OCc4ccccc4)cc3)oc12. The number of hydrogen-bond donors (Lipinski definition) is 1. The molecule has 1 atom stereocenters. The van der Waals surface area contributed by atoms with Crippen molar-refractivity contribution in [1.82, 2.24) is 10.2 Å². The lowest BCUT2D eigenvalue weighted by Gasteiger charge is -2.24. The average Bonchev–Trinajstić information content (AvgIpc) is 3.84. The van der Waals surface area contributed by atoms with E-state index in [2.05, 4.69) is 10.2 Å². The number of furan rings is 1. The number of ether oxygens (including phenoxy) is 2. The second-order valence-electron chi connectivity index (χ2n) is 10.7. The Morgan fingerprint density at radius 2 is 1.77 bits per heavy atom. The van der Waals surface area contributed by atoms with Crippen LogP contribution in [0.4, 0.5) is 5.13 Å². The number of anilines is 1. The van der Waals surface area contributed by atoms with Crippen molar-refractivity contribution in [3.63, 3.8) is 0 Å². The Labute approximate surface area is 288 Å². The topological polar surface area (TPSA) is 115 Å². The van der Waals surface area contributed by atoms with E-state index in [1.807, 2.05) is 54.6 Å². The lowest BCUT2D eigenvalue weighted by atomic mass is 9.95. The number of para-hydroxylation sites is 1. The van der Waals surface area contributed by atoms with E-state index in [9.17, 15) is 14.7 Å². The van der Waals surface area contributed by atoms with Crippen LogP contribution in [0.15, 0.2) is 123 Å². The summed E-state index contributed by atoms with van der Waals surface area (Å²) in [5.74, 6) is -0.577. The third kappa shape index (κ3) is 6.15. The predicted molar refractivity (Wildman–Crippen MR) is 185 cm³/mol. The Balaban J connectivity index is 1.22. The molecule has 3 heterocycles. The quantitative estimate of drug-likeness (QED) is 0.0808. The lowest BCUT2D eigenvalue weighted by molar-refractivity contribution is -0.117. The summed E-state index contributed by atoms with van der Waals surface area (Å²) < 4.78 is 17.9. The van der Waals surface area contributed by atoms with E-state index >= 15 is 0 Å². The molecule has 6 aromatic rings. The normalized spacial score (nSPS) is 14.6. The van der Waals surface area contributed by atoms with Gasteiger partial charge in [-0.25, -0.2) is 0 Å². The monoisotopic (exact) mass is 695 g/mol. The maximum Gasteiger partial charge on any atom is 0.296 e. The Kier molecular flexibility index (Phi) is 8.90. The molecule has 0 fully saturated rings. The number of methoxy groups -OCH3 is 1. The van der Waals surface area contributed by atoms with Gasteiger partial charge in [-0.1, -0.05) is 107 Å². The highest BCUT2D eigenvalue weighted by Gasteiger charge is 2.47. The molecule has 1 amide bonds. The minimum absolute atomic E-state index is 0.0493. The Morgan fingerprint density at radius 1 is 1.00 bits per heavy atom. The molecule has 0 bridgehead atoms. The van der Waals surface area contributed by atoms with Gasteiger partial charge in [-0.3, -0.25) is 14.5 Å². The van der Waals surface area contributed by atoms with Crippen LogP contribution < -0.4 is 14.4 Å². The van der Waals surface area contributed by atoms with Gasteiger partial charge in [0, 0.05) is 16.2 Å². The van der Waals surface area contributed by atoms with Crippen LogP contribution in [0.25, 0.3) is 11.0 Å². The zero-order chi connectivity index (χ0) is 33.2. The van der Waals surface area contributed by atoms with Crippen LogP contribution in [0.5, 0.6) is 11.5 Å². The van der Waals surface area contributed by atoms with Crippen LogP contribution in [0.2, 0.25) is 5.02 Å². The molecular weight excluding hydrogens is 670 g/mol. The van der Waals surface area contributed by atoms with Crippen molar-refractivity contribution < 1.29 is 28.6 Å². The van der Waals surface area contributed by atoms with Crippen molar-refractivity contribution in [2.45, 2.75) is 22.7 Å². The molecule has 240 valence electrons. The first-order valence-corrected chi connectivity index (χ1v) is 16.9. The van der Waals surface area contributed by atoms with Crippen LogP contribution in [0.1, 0.15) is 33.3 Å². The number of Topliss-reactive ketones (excluding diaryl/α,β-unsaturated/α-hetero) is 1. The van der Waals surface area contributed by atoms with Gasteiger partial charge in [0.05, 0.1) is 18.7 Å². The molecule has 0 aliphatic carbocycles. The number of ketones is 1. The van der Waals surface area contributed by atoms with Gasteiger partial charge >= 0.3 is 0 Å². The molecule has 4 aromatic carbocycles. The first-order valence-electron chi connectivity index (χ1n) is 14.8. The molecule has 9 nitrogen and oxygen atoms in total. The summed E-state index contributed by atoms with van der Waals surface area (Å²) in [4.78, 5) is 29.2. The first-order chi connectivity index (χ1) is 23.4. The van der Waals surface area contributed by atoms with Crippen molar-refractivity contribution in [2.75, 3.05) is 12.0 Å². The molecular formula is C36H26ClN3O6S2. The summed E-state index contributed by atoms with van der Waals surface area (Å²) in [6.45, 7) is 0.369. The highest BCUT2D eigenvalue weighted by Crippen LogP contribution is 2.45. The smallest absolute Gasteiger partial charge is 0.296 e. The fourth-order valence-corrected chi connectivity index (χ4v) is 7.55. The van der Waals surface area contributed by atoms with E-state index in [4.69, 9.17) is 25.5 Å². The van der Waals surface area contributed by atoms with E-state index in [1.54, 1.807) is 48.5 Å². The van der Waals surface area contributed by atoms with Crippen LogP contribution in [0, 0.1) is 0 Å². The molecule has 1 aliphatic heterocycles. The number of halogens is 1. The Morgan fingerprint density at radius 3 is 2.54 bits per heavy atom. The number of nitrogens with zero attached hydrogens (tertiary/aromatic N) is 3. The van der Waals surface area contributed by atoms with Crippen LogP contribution in [-0.2, 0) is 17.2 Å². The summed E-state index contributed by atoms with van der Waals surface area (Å²) in [7, 11) is 1.51. The number of hydrogen-bond acceptors (Lipinski definition) is 10. The molecule has 7 rings (SSSR count). The third-order valence-corrected chi connectivity index (χ3v) is 10.2. The largest absolute Gasteiger partial charge is 0.503 e. The maximum atomic E-state index is 14.2. The number of benzene rings is 4. The number of rotatable bonds is 11. The molecule has 0 radical (unpaired) electrons. The van der Waals surface area contributed by atoms with Crippen molar-refractivity contribution in [3.8, 4) is 11.5 Å². The van der Waals surface area contributed by atoms with Crippen molar-refractivity contribution in [2.24, 2.45) is 0 Å². The summed E-state index contributed by atoms with van der Waals surface area (Å²) in [5.41, 5.74) is 2.73. The minimum atomic E-state index is -1.03. The number of aromatic nitrogens is 2. The second kappa shape index (κ2) is 13.6. The Bertz CT molecular complexity index is 2160. The van der Waals surface area contributed by atoms with Gasteiger partial charge < -0.3 is 19.0 Å². The molecule has 0 saturated heterocycles. The van der Waals surface area contributed by atoms with Gasteiger partial charge in [0.2, 0.25) is 10.9 Å². The van der Waals surface area contributed by atoms with Gasteiger partial charge in [0.1, 0.15) is 12.4 Å². The molecule has 1 unspecified atom stereocenters. The summed E-state index contributed by atoms with van der Waals surface area (Å²) in [6, 6.07) is 30.1. The number of carbonyl (C=O) groups excluding carboxylic acids is 2. The number of fused-ring (bicyclic) bond motifs is 1. The molecule has 0 spiro atoms. The average molecular weight is 696 g/mol. The van der Waals surface area contributed by atoms with Crippen LogP contribution >= 0.6 is 34.7 Å². The lowest BCUT2D eigenvalue weighted by Crippen LogP contribution is -2.31. The summed E-state index contributed by atoms with van der Waals surface area (Å²) >= 11 is 8.93. The van der Waals surface area contributed by atoms with E-state index in [-0.39, 0.29) is 16.5 Å². The number of aliphatic hydroxyl groups excluding tert-OH is 1. The van der Waals surface area contributed by atoms with Crippen LogP contribution in [-0.4, -0.2) is 34.1 Å². The van der Waals surface area contributed by atoms with E-state index in [0.717, 1.165) is 11.1 Å². The van der Waals surface area contributed by atoms with E-state index in [1.165, 1.54) is 35.1 Å². The van der Waals surface area contributed by atoms with Gasteiger partial charge in [0.15, 0.2) is 27.2 Å². The molecule has 1 aliphatic rings. The zero-order valence-electron chi connectivity index (χ0n) is 25.3. The number of aliphatic hydroxyl groups is 1. The van der Waals surface area contributed by atoms with Gasteiger partial charge in [-0.05, 0) is 47.0 Å². The van der Waals surface area contributed by atoms with Gasteiger partial charge in [0.25, 0.3) is 5.91 Å². The molecule has 12 heteroatoms. The zero-order valence-corrected chi connectivity index (χ0v) is 27.7. The van der Waals surface area contributed by atoms with Crippen molar-refractivity contribution >= 4 is 62.5 Å². The van der Waals surface area contributed by atoms with Crippen molar-refractivity contribution in [1.29, 1.82) is 0 Å². The van der Waals surface area contributed by atoms with Gasteiger partial charge in [-0.15, -0.1) is 10.2 Å². The fourth-order valence-electron chi connectivity index (χ4n) is 5.39. The number of carbonyl (C=O) groups is 2. The highest BCUT2D eigenvalue weighted by atomic mass is 35.5. The molecule has 1 N–H and O–H groups in total. The standard InChI is InChI=1S/C36H26ClN3O6S2/c1-44-27-13-7-11-23-18-28(46-33(23)27)31(41)29-30(22-14-16-25(17-15-22)45-19-21-8-3-2-4-9-21)40(34(43)32(29)42)35-38-39-36(48-35)47-20-24-10-5-6-12-26(24)37/h2-18,30,42H,19-20H2,1H3. The fraction of sp³-hybridized carbons (Fsp3) is 0.111. The van der Waals surface area contributed by atoms with Crippen LogP contribution in [0.3, 0.4) is 0 Å². The summed E-state index contributed by atoms with van der Waals surface area (Å²) in [6.07, 6.45) is 0. The third-order valence-electron chi connectivity index (χ3n) is 7.76. The Hall–Kier alpha value is -5.10. The van der Waals surface area contributed by atoms with E-state index in [0.29, 0.717) is 49.8 Å². The molecule has 48 heavy (non-hydrogen) atoms. The maximum absolute atomic E-state index is 14.2. The number of amides is 1. The van der Waals surface area contributed by atoms with Crippen molar-refractivity contribution in [3.05, 3.63) is 142 Å². The number of thioether (sulfide) groups is 1. The predicted octanol–water partition coefficient (Wildman–Crippen LogP) is 8.60. The first kappa shape index (κ1) is 31.5. The van der Waals surface area contributed by atoms with E-state index < -0.39 is 23.5 Å². The second-order valence-corrected chi connectivity index (χ2v) is 13.3. The summed E-state index contributed by atoms with van der Waals surface area (Å²) in [5, 5.41) is 21.4.